The molecule has 0 aliphatic heterocycles. The summed E-state index contributed by atoms with van der Waals surface area (Å²) in [5.74, 6) is 1.41. The highest BCUT2D eigenvalue weighted by molar-refractivity contribution is 7.89. The number of aromatic nitrogens is 2. The van der Waals surface area contributed by atoms with Crippen molar-refractivity contribution in [3.05, 3.63) is 36.0 Å². The summed E-state index contributed by atoms with van der Waals surface area (Å²) in [5.41, 5.74) is 0. The molecule has 1 aromatic carbocycles. The van der Waals surface area contributed by atoms with Gasteiger partial charge in [0.15, 0.2) is 5.82 Å². The molecule has 20 heavy (non-hydrogen) atoms. The second kappa shape index (κ2) is 6.02. The van der Waals surface area contributed by atoms with Gasteiger partial charge in [0, 0.05) is 26.0 Å². The molecule has 0 unspecified atom stereocenters. The maximum Gasteiger partial charge on any atom is 0.240 e. The summed E-state index contributed by atoms with van der Waals surface area (Å²) < 4.78 is 36.4. The Morgan fingerprint density at radius 3 is 2.85 bits per heavy atom. The molecule has 108 valence electrons. The van der Waals surface area contributed by atoms with E-state index in [9.17, 15) is 8.42 Å². The van der Waals surface area contributed by atoms with Gasteiger partial charge in [-0.2, -0.15) is 4.98 Å². The van der Waals surface area contributed by atoms with Gasteiger partial charge in [-0.15, -0.1) is 0 Å². The molecule has 1 heterocycles. The third kappa shape index (κ3) is 3.55. The van der Waals surface area contributed by atoms with Gasteiger partial charge in [-0.3, -0.25) is 0 Å². The van der Waals surface area contributed by atoms with Crippen molar-refractivity contribution in [3.63, 3.8) is 0 Å². The first-order chi connectivity index (χ1) is 9.51. The van der Waals surface area contributed by atoms with Crippen molar-refractivity contribution in [1.29, 1.82) is 0 Å². The molecule has 2 rings (SSSR count). The normalized spacial score (nSPS) is 11.5. The molecule has 0 atom stereocenters. The van der Waals surface area contributed by atoms with Crippen LogP contribution in [-0.4, -0.2) is 32.2 Å². The van der Waals surface area contributed by atoms with Gasteiger partial charge in [0.25, 0.3) is 0 Å². The lowest BCUT2D eigenvalue weighted by atomic mass is 10.3. The molecule has 0 amide bonds. The highest BCUT2D eigenvalue weighted by Crippen LogP contribution is 2.16. The van der Waals surface area contributed by atoms with Gasteiger partial charge < -0.3 is 9.26 Å². The van der Waals surface area contributed by atoms with Crippen molar-refractivity contribution in [1.82, 2.24) is 14.9 Å². The van der Waals surface area contributed by atoms with Crippen LogP contribution >= 0.6 is 0 Å². The summed E-state index contributed by atoms with van der Waals surface area (Å²) in [4.78, 5) is 4.15. The van der Waals surface area contributed by atoms with Crippen LogP contribution in [-0.2, 0) is 16.4 Å². The number of rotatable bonds is 6. The van der Waals surface area contributed by atoms with Gasteiger partial charge in [-0.05, 0) is 12.1 Å². The Balaban J connectivity index is 2.00. The van der Waals surface area contributed by atoms with Crippen LogP contribution in [0.1, 0.15) is 11.7 Å². The van der Waals surface area contributed by atoms with Gasteiger partial charge >= 0.3 is 0 Å². The number of nitrogens with zero attached hydrogens (tertiary/aromatic N) is 2. The first-order valence-electron chi connectivity index (χ1n) is 5.94. The molecule has 1 aromatic heterocycles. The van der Waals surface area contributed by atoms with E-state index in [2.05, 4.69) is 14.9 Å². The van der Waals surface area contributed by atoms with E-state index >= 15 is 0 Å². The monoisotopic (exact) mass is 297 g/mol. The Labute approximate surface area is 117 Å². The van der Waals surface area contributed by atoms with Crippen LogP contribution < -0.4 is 9.46 Å². The largest absolute Gasteiger partial charge is 0.497 e. The molecule has 0 saturated carbocycles. The zero-order valence-electron chi connectivity index (χ0n) is 11.2. The molecule has 0 aliphatic carbocycles. The smallest absolute Gasteiger partial charge is 0.240 e. The Morgan fingerprint density at radius 2 is 2.20 bits per heavy atom. The van der Waals surface area contributed by atoms with E-state index in [1.54, 1.807) is 19.1 Å². The van der Waals surface area contributed by atoms with Crippen molar-refractivity contribution in [2.24, 2.45) is 0 Å². The number of ether oxygens (including phenoxy) is 1. The average Bonchev–Trinajstić information content (AvgIpc) is 2.84. The molecule has 2 aromatic rings. The topological polar surface area (TPSA) is 94.3 Å². The third-order valence-corrected chi connectivity index (χ3v) is 4.02. The summed E-state index contributed by atoms with van der Waals surface area (Å²) in [5, 5.41) is 3.69. The Bertz CT molecular complexity index is 682. The molecular weight excluding hydrogens is 282 g/mol. The van der Waals surface area contributed by atoms with Crippen LogP contribution in [0.3, 0.4) is 0 Å². The van der Waals surface area contributed by atoms with E-state index in [0.717, 1.165) is 0 Å². The van der Waals surface area contributed by atoms with E-state index in [1.807, 2.05) is 0 Å². The van der Waals surface area contributed by atoms with Crippen molar-refractivity contribution in [2.45, 2.75) is 18.2 Å². The predicted octanol–water partition coefficient (Wildman–Crippen LogP) is 0.908. The molecular formula is C12H15N3O4S. The standard InChI is InChI=1S/C12H15N3O4S/c1-9-14-12(15-19-9)6-7-13-20(16,17)11-5-3-4-10(8-11)18-2/h3-5,8,13H,6-7H2,1-2H3. The molecule has 1 N–H and O–H groups in total. The molecule has 0 radical (unpaired) electrons. The lowest BCUT2D eigenvalue weighted by Gasteiger charge is -2.07. The minimum Gasteiger partial charge on any atom is -0.497 e. The number of benzene rings is 1. The second-order valence-corrected chi connectivity index (χ2v) is 5.82. The summed E-state index contributed by atoms with van der Waals surface area (Å²) in [6.07, 6.45) is 0.362. The van der Waals surface area contributed by atoms with Crippen molar-refractivity contribution < 1.29 is 17.7 Å². The number of nitrogens with one attached hydrogen (secondary N) is 1. The lowest BCUT2D eigenvalue weighted by Crippen LogP contribution is -2.26. The van der Waals surface area contributed by atoms with Crippen LogP contribution in [0.15, 0.2) is 33.7 Å². The van der Waals surface area contributed by atoms with Gasteiger partial charge in [0.05, 0.1) is 12.0 Å². The number of sulfonamides is 1. The fraction of sp³-hybridized carbons (Fsp3) is 0.333. The van der Waals surface area contributed by atoms with E-state index < -0.39 is 10.0 Å². The summed E-state index contributed by atoms with van der Waals surface area (Å²) in [6, 6.07) is 6.27. The quantitative estimate of drug-likeness (QED) is 0.851. The van der Waals surface area contributed by atoms with E-state index in [1.165, 1.54) is 19.2 Å². The van der Waals surface area contributed by atoms with Crippen LogP contribution in [0.5, 0.6) is 5.75 Å². The molecule has 0 saturated heterocycles. The van der Waals surface area contributed by atoms with Crippen molar-refractivity contribution in [2.75, 3.05) is 13.7 Å². The zero-order valence-corrected chi connectivity index (χ0v) is 12.0. The fourth-order valence-corrected chi connectivity index (χ4v) is 2.66. The van der Waals surface area contributed by atoms with Gasteiger partial charge in [0.1, 0.15) is 5.75 Å². The van der Waals surface area contributed by atoms with Gasteiger partial charge in [-0.1, -0.05) is 11.2 Å². The molecule has 0 spiro atoms. The highest BCUT2D eigenvalue weighted by atomic mass is 32.2. The predicted molar refractivity (Wildman–Crippen MR) is 70.9 cm³/mol. The van der Waals surface area contributed by atoms with Crippen molar-refractivity contribution >= 4 is 10.0 Å². The van der Waals surface area contributed by atoms with E-state index in [-0.39, 0.29) is 11.4 Å². The van der Waals surface area contributed by atoms with Crippen LogP contribution in [0.2, 0.25) is 0 Å². The van der Waals surface area contributed by atoms with Crippen molar-refractivity contribution in [3.8, 4) is 5.75 Å². The van der Waals surface area contributed by atoms with E-state index in [0.29, 0.717) is 23.9 Å². The maximum absolute atomic E-state index is 12.1. The third-order valence-electron chi connectivity index (χ3n) is 2.56. The minimum atomic E-state index is -3.57. The number of methoxy groups -OCH3 is 1. The first-order valence-corrected chi connectivity index (χ1v) is 7.42. The van der Waals surface area contributed by atoms with Gasteiger partial charge in [0.2, 0.25) is 15.9 Å². The molecule has 7 nitrogen and oxygen atoms in total. The lowest BCUT2D eigenvalue weighted by molar-refractivity contribution is 0.387. The first kappa shape index (κ1) is 14.5. The van der Waals surface area contributed by atoms with Crippen LogP contribution in [0.25, 0.3) is 0 Å². The summed E-state index contributed by atoms with van der Waals surface area (Å²) in [7, 11) is -2.09. The maximum atomic E-state index is 12.1. The van der Waals surface area contributed by atoms with Crippen LogP contribution in [0, 0.1) is 6.92 Å². The molecule has 0 bridgehead atoms. The molecule has 0 fully saturated rings. The Morgan fingerprint density at radius 1 is 1.40 bits per heavy atom. The Kier molecular flexibility index (Phi) is 4.35. The van der Waals surface area contributed by atoms with Gasteiger partial charge in [-0.25, -0.2) is 13.1 Å². The summed E-state index contributed by atoms with van der Waals surface area (Å²) >= 11 is 0. The second-order valence-electron chi connectivity index (χ2n) is 4.06. The SMILES string of the molecule is COc1cccc(S(=O)(=O)NCCc2noc(C)n2)c1. The number of aryl methyl sites for hydroxylation is 1. The van der Waals surface area contributed by atoms with E-state index in [4.69, 9.17) is 9.26 Å². The Hall–Kier alpha value is -1.93. The number of hydrogen-bond acceptors (Lipinski definition) is 6. The number of hydrogen-bond donors (Lipinski definition) is 1. The molecule has 8 heteroatoms. The summed E-state index contributed by atoms with van der Waals surface area (Å²) in [6.45, 7) is 1.87. The average molecular weight is 297 g/mol. The highest BCUT2D eigenvalue weighted by Gasteiger charge is 2.14. The zero-order chi connectivity index (χ0) is 14.6. The fourth-order valence-electron chi connectivity index (χ4n) is 1.59. The minimum absolute atomic E-state index is 0.154. The van der Waals surface area contributed by atoms with Crippen LogP contribution in [0.4, 0.5) is 0 Å². The molecule has 0 aliphatic rings.